The third-order valence-corrected chi connectivity index (χ3v) is 2.97. The van der Waals surface area contributed by atoms with Crippen molar-refractivity contribution in [1.82, 2.24) is 10.6 Å². The molecule has 0 heterocycles. The van der Waals surface area contributed by atoms with E-state index in [1.165, 1.54) is 6.42 Å². The number of aliphatic imine (C=N–C) groups is 1. The van der Waals surface area contributed by atoms with Crippen molar-refractivity contribution in [2.45, 2.75) is 26.2 Å². The molecular weight excluding hydrogens is 393 g/mol. The first kappa shape index (κ1) is 20.8. The van der Waals surface area contributed by atoms with Crippen LogP contribution in [0.15, 0.2) is 29.3 Å². The molecule has 0 aliphatic rings. The first-order chi connectivity index (χ1) is 10.3. The maximum absolute atomic E-state index is 5.68. The van der Waals surface area contributed by atoms with Crippen molar-refractivity contribution in [3.8, 4) is 11.5 Å². The molecule has 0 unspecified atom stereocenters. The molecule has 0 aliphatic heterocycles. The van der Waals surface area contributed by atoms with Gasteiger partial charge in [0.2, 0.25) is 0 Å². The summed E-state index contributed by atoms with van der Waals surface area (Å²) < 4.78 is 10.8. The fraction of sp³-hybridized carbons (Fsp3) is 0.562. The van der Waals surface area contributed by atoms with Crippen LogP contribution >= 0.6 is 24.0 Å². The molecule has 1 aromatic rings. The zero-order valence-corrected chi connectivity index (χ0v) is 16.1. The Morgan fingerprint density at radius 3 is 2.45 bits per heavy atom. The van der Waals surface area contributed by atoms with E-state index in [9.17, 15) is 0 Å². The molecule has 0 aliphatic carbocycles. The van der Waals surface area contributed by atoms with Gasteiger partial charge in [0, 0.05) is 26.2 Å². The maximum Gasteiger partial charge on any atom is 0.190 e. The van der Waals surface area contributed by atoms with Crippen molar-refractivity contribution < 1.29 is 9.47 Å². The third-order valence-electron chi connectivity index (χ3n) is 2.97. The number of nitrogens with zero attached hydrogens (tertiary/aromatic N) is 1. The average Bonchev–Trinajstić information content (AvgIpc) is 2.53. The lowest BCUT2D eigenvalue weighted by Crippen LogP contribution is -2.38. The number of rotatable bonds is 9. The van der Waals surface area contributed by atoms with Crippen LogP contribution in [-0.2, 0) is 0 Å². The van der Waals surface area contributed by atoms with E-state index in [1.54, 1.807) is 14.2 Å². The smallest absolute Gasteiger partial charge is 0.190 e. The van der Waals surface area contributed by atoms with Crippen LogP contribution < -0.4 is 20.1 Å². The minimum Gasteiger partial charge on any atom is -0.497 e. The second-order valence-electron chi connectivity index (χ2n) is 4.66. The monoisotopic (exact) mass is 421 g/mol. The van der Waals surface area contributed by atoms with E-state index < -0.39 is 0 Å². The van der Waals surface area contributed by atoms with Gasteiger partial charge in [-0.15, -0.1) is 24.0 Å². The summed E-state index contributed by atoms with van der Waals surface area (Å²) in [4.78, 5) is 4.18. The Kier molecular flexibility index (Phi) is 12.8. The molecule has 0 saturated heterocycles. The molecule has 2 N–H and O–H groups in total. The summed E-state index contributed by atoms with van der Waals surface area (Å²) in [6.07, 6.45) is 3.24. The normalized spacial score (nSPS) is 10.6. The van der Waals surface area contributed by atoms with Crippen LogP contribution in [0, 0.1) is 0 Å². The zero-order chi connectivity index (χ0) is 15.3. The maximum atomic E-state index is 5.68. The topological polar surface area (TPSA) is 54.9 Å². The quantitative estimate of drug-likeness (QED) is 0.279. The largest absolute Gasteiger partial charge is 0.497 e. The highest BCUT2D eigenvalue weighted by Gasteiger charge is 1.98. The number of guanidine groups is 1. The molecule has 6 heteroatoms. The van der Waals surface area contributed by atoms with Crippen molar-refractivity contribution in [2.75, 3.05) is 33.9 Å². The highest BCUT2D eigenvalue weighted by atomic mass is 127. The van der Waals surface area contributed by atoms with Crippen LogP contribution in [0.4, 0.5) is 0 Å². The zero-order valence-electron chi connectivity index (χ0n) is 13.7. The van der Waals surface area contributed by atoms with Crippen molar-refractivity contribution in [3.63, 3.8) is 0 Å². The Balaban J connectivity index is 0.00000441. The molecule has 126 valence electrons. The summed E-state index contributed by atoms with van der Waals surface area (Å²) in [6.45, 7) is 4.62. The summed E-state index contributed by atoms with van der Waals surface area (Å²) in [5.74, 6) is 2.50. The molecule has 0 aromatic heterocycles. The molecule has 0 fully saturated rings. The number of halogens is 1. The van der Waals surface area contributed by atoms with E-state index >= 15 is 0 Å². The number of hydrogen-bond donors (Lipinski definition) is 2. The van der Waals surface area contributed by atoms with Crippen molar-refractivity contribution in [2.24, 2.45) is 4.99 Å². The summed E-state index contributed by atoms with van der Waals surface area (Å²) in [7, 11) is 3.44. The molecule has 0 atom stereocenters. The van der Waals surface area contributed by atoms with Crippen molar-refractivity contribution >= 4 is 29.9 Å². The lowest BCUT2D eigenvalue weighted by atomic mass is 10.3. The van der Waals surface area contributed by atoms with E-state index in [-0.39, 0.29) is 24.0 Å². The van der Waals surface area contributed by atoms with Gasteiger partial charge in [0.25, 0.3) is 0 Å². The van der Waals surface area contributed by atoms with Gasteiger partial charge in [0.1, 0.15) is 11.5 Å². The predicted octanol–water partition coefficient (Wildman–Crippen LogP) is 3.05. The van der Waals surface area contributed by atoms with Crippen LogP contribution in [0.25, 0.3) is 0 Å². The number of nitrogens with one attached hydrogen (secondary N) is 2. The van der Waals surface area contributed by atoms with Gasteiger partial charge in [-0.25, -0.2) is 0 Å². The standard InChI is InChI=1S/C16H27N3O2.HI/c1-4-5-10-18-16(17-2)19-11-7-12-21-15-9-6-8-14(13-15)20-3;/h6,8-9,13H,4-5,7,10-12H2,1-3H3,(H2,17,18,19);1H. The van der Waals surface area contributed by atoms with Crippen LogP contribution in [-0.4, -0.2) is 39.8 Å². The summed E-state index contributed by atoms with van der Waals surface area (Å²) in [5, 5.41) is 6.55. The molecule has 0 amide bonds. The third kappa shape index (κ3) is 8.96. The predicted molar refractivity (Wildman–Crippen MR) is 103 cm³/mol. The Morgan fingerprint density at radius 2 is 1.82 bits per heavy atom. The molecule has 1 rings (SSSR count). The lowest BCUT2D eigenvalue weighted by Gasteiger charge is -2.12. The number of hydrogen-bond acceptors (Lipinski definition) is 3. The molecule has 0 radical (unpaired) electrons. The molecule has 0 spiro atoms. The van der Waals surface area contributed by atoms with E-state index in [1.807, 2.05) is 24.3 Å². The highest BCUT2D eigenvalue weighted by Crippen LogP contribution is 2.18. The highest BCUT2D eigenvalue weighted by molar-refractivity contribution is 14.0. The van der Waals surface area contributed by atoms with Gasteiger partial charge >= 0.3 is 0 Å². The van der Waals surface area contributed by atoms with Gasteiger partial charge in [-0.05, 0) is 25.0 Å². The molecule has 5 nitrogen and oxygen atoms in total. The second-order valence-corrected chi connectivity index (χ2v) is 4.66. The van der Waals surface area contributed by atoms with Crippen molar-refractivity contribution in [1.29, 1.82) is 0 Å². The fourth-order valence-electron chi connectivity index (χ4n) is 1.76. The average molecular weight is 421 g/mol. The first-order valence-electron chi connectivity index (χ1n) is 7.51. The van der Waals surface area contributed by atoms with Crippen LogP contribution in [0.1, 0.15) is 26.2 Å². The minimum absolute atomic E-state index is 0. The molecule has 1 aromatic carbocycles. The van der Waals surface area contributed by atoms with Gasteiger partial charge in [0.15, 0.2) is 5.96 Å². The molecular formula is C16H28IN3O2. The molecule has 0 bridgehead atoms. The Morgan fingerprint density at radius 1 is 1.14 bits per heavy atom. The summed E-state index contributed by atoms with van der Waals surface area (Å²) >= 11 is 0. The summed E-state index contributed by atoms with van der Waals surface area (Å²) in [6, 6.07) is 7.64. The van der Waals surface area contributed by atoms with Crippen LogP contribution in [0.5, 0.6) is 11.5 Å². The van der Waals surface area contributed by atoms with E-state index in [2.05, 4.69) is 22.5 Å². The van der Waals surface area contributed by atoms with Gasteiger partial charge < -0.3 is 20.1 Å². The number of benzene rings is 1. The van der Waals surface area contributed by atoms with Gasteiger partial charge in [-0.2, -0.15) is 0 Å². The van der Waals surface area contributed by atoms with Crippen molar-refractivity contribution in [3.05, 3.63) is 24.3 Å². The Bertz CT molecular complexity index is 428. The molecule has 22 heavy (non-hydrogen) atoms. The van der Waals surface area contributed by atoms with Gasteiger partial charge in [-0.1, -0.05) is 19.4 Å². The second kappa shape index (κ2) is 13.5. The van der Waals surface area contributed by atoms with Crippen LogP contribution in [0.3, 0.4) is 0 Å². The molecule has 0 saturated carbocycles. The lowest BCUT2D eigenvalue weighted by molar-refractivity contribution is 0.308. The Labute approximate surface area is 150 Å². The fourth-order valence-corrected chi connectivity index (χ4v) is 1.76. The van der Waals surface area contributed by atoms with Gasteiger partial charge in [0.05, 0.1) is 13.7 Å². The number of methoxy groups -OCH3 is 1. The Hall–Kier alpha value is -1.18. The van der Waals surface area contributed by atoms with E-state index in [4.69, 9.17) is 9.47 Å². The summed E-state index contributed by atoms with van der Waals surface area (Å²) in [5.41, 5.74) is 0. The SMILES string of the molecule is CCCCNC(=NC)NCCCOc1cccc(OC)c1.I. The minimum atomic E-state index is 0. The number of unbranched alkanes of at least 4 members (excludes halogenated alkanes) is 1. The van der Waals surface area contributed by atoms with Crippen LogP contribution in [0.2, 0.25) is 0 Å². The first-order valence-corrected chi connectivity index (χ1v) is 7.51. The van der Waals surface area contributed by atoms with Gasteiger partial charge in [-0.3, -0.25) is 4.99 Å². The van der Waals surface area contributed by atoms with E-state index in [0.29, 0.717) is 6.61 Å². The van der Waals surface area contributed by atoms with E-state index in [0.717, 1.165) is 43.4 Å². The number of ether oxygens (including phenoxy) is 2.